The van der Waals surface area contributed by atoms with Crippen LogP contribution in [0.1, 0.15) is 23.7 Å². The van der Waals surface area contributed by atoms with Crippen molar-refractivity contribution in [3.8, 4) is 5.75 Å². The first-order valence-electron chi connectivity index (χ1n) is 6.97. The minimum atomic E-state index is -0.553. The van der Waals surface area contributed by atoms with Crippen LogP contribution in [0.4, 0.5) is 4.39 Å². The van der Waals surface area contributed by atoms with E-state index in [4.69, 9.17) is 4.74 Å². The van der Waals surface area contributed by atoms with Crippen molar-refractivity contribution in [2.45, 2.75) is 13.3 Å². The lowest BCUT2D eigenvalue weighted by Gasteiger charge is -2.34. The highest BCUT2D eigenvalue weighted by molar-refractivity contribution is 5.94. The highest BCUT2D eigenvalue weighted by atomic mass is 19.1. The smallest absolute Gasteiger partial charge is 0.254 e. The van der Waals surface area contributed by atoms with Crippen molar-refractivity contribution in [2.75, 3.05) is 33.3 Å². The van der Waals surface area contributed by atoms with Gasteiger partial charge in [-0.25, -0.2) is 4.39 Å². The van der Waals surface area contributed by atoms with E-state index in [1.54, 1.807) is 15.9 Å². The highest BCUT2D eigenvalue weighted by Crippen LogP contribution is 2.19. The second-order valence-corrected chi connectivity index (χ2v) is 4.88. The summed E-state index contributed by atoms with van der Waals surface area (Å²) in [6.07, 6.45) is 0.470. The molecule has 0 atom stereocenters. The first-order valence-corrected chi connectivity index (χ1v) is 6.97. The highest BCUT2D eigenvalue weighted by Gasteiger charge is 2.24. The number of nitrogens with zero attached hydrogens (tertiary/aromatic N) is 2. The first kappa shape index (κ1) is 15.3. The number of methoxy groups -OCH3 is 1. The van der Waals surface area contributed by atoms with Gasteiger partial charge in [0.05, 0.1) is 7.11 Å². The molecule has 1 aliphatic rings. The molecule has 0 saturated carbocycles. The van der Waals surface area contributed by atoms with Gasteiger partial charge in [-0.05, 0) is 18.2 Å². The monoisotopic (exact) mass is 294 g/mol. The lowest BCUT2D eigenvalue weighted by atomic mass is 10.1. The van der Waals surface area contributed by atoms with Crippen LogP contribution < -0.4 is 4.74 Å². The van der Waals surface area contributed by atoms with Crippen LogP contribution in [0.15, 0.2) is 18.2 Å². The fourth-order valence-corrected chi connectivity index (χ4v) is 2.36. The predicted octanol–water partition coefficient (Wildman–Crippen LogP) is 1.53. The number of rotatable bonds is 3. The van der Waals surface area contributed by atoms with Crippen LogP contribution in [0.5, 0.6) is 5.75 Å². The minimum Gasteiger partial charge on any atom is -0.494 e. The number of piperazine rings is 1. The minimum absolute atomic E-state index is 0.0950. The molecule has 0 bridgehead atoms. The summed E-state index contributed by atoms with van der Waals surface area (Å²) in [4.78, 5) is 27.3. The van der Waals surface area contributed by atoms with Gasteiger partial charge in [0.25, 0.3) is 5.91 Å². The Bertz CT molecular complexity index is 540. The molecule has 0 unspecified atom stereocenters. The second kappa shape index (κ2) is 6.56. The Morgan fingerprint density at radius 2 is 1.81 bits per heavy atom. The summed E-state index contributed by atoms with van der Waals surface area (Å²) in [5.41, 5.74) is 0.295. The average Bonchev–Trinajstić information content (AvgIpc) is 2.53. The zero-order valence-electron chi connectivity index (χ0n) is 12.3. The Morgan fingerprint density at radius 1 is 1.19 bits per heavy atom. The van der Waals surface area contributed by atoms with Crippen molar-refractivity contribution in [1.29, 1.82) is 0 Å². The van der Waals surface area contributed by atoms with Gasteiger partial charge in [0.1, 0.15) is 0 Å². The molecule has 1 aromatic rings. The molecule has 0 radical (unpaired) electrons. The van der Waals surface area contributed by atoms with Gasteiger partial charge in [0.15, 0.2) is 11.6 Å². The number of carbonyl (C=O) groups excluding carboxylic acids is 2. The largest absolute Gasteiger partial charge is 0.494 e. The average molecular weight is 294 g/mol. The van der Waals surface area contributed by atoms with Crippen molar-refractivity contribution in [3.63, 3.8) is 0 Å². The maximum atomic E-state index is 13.6. The summed E-state index contributed by atoms with van der Waals surface area (Å²) >= 11 is 0. The number of carbonyl (C=O) groups is 2. The fraction of sp³-hybridized carbons (Fsp3) is 0.467. The third kappa shape index (κ3) is 3.32. The molecule has 1 aromatic carbocycles. The Balaban J connectivity index is 2.02. The Morgan fingerprint density at radius 3 is 2.33 bits per heavy atom. The predicted molar refractivity (Wildman–Crippen MR) is 75.7 cm³/mol. The summed E-state index contributed by atoms with van der Waals surface area (Å²) in [6, 6.07) is 4.18. The topological polar surface area (TPSA) is 49.9 Å². The summed E-state index contributed by atoms with van der Waals surface area (Å²) in [5.74, 6) is -0.564. The van der Waals surface area contributed by atoms with Crippen molar-refractivity contribution in [1.82, 2.24) is 9.80 Å². The Hall–Kier alpha value is -2.11. The van der Waals surface area contributed by atoms with Crippen LogP contribution in [-0.4, -0.2) is 54.9 Å². The number of hydrogen-bond acceptors (Lipinski definition) is 3. The van der Waals surface area contributed by atoms with E-state index in [-0.39, 0.29) is 17.6 Å². The summed E-state index contributed by atoms with van der Waals surface area (Å²) < 4.78 is 18.5. The van der Waals surface area contributed by atoms with Crippen molar-refractivity contribution in [3.05, 3.63) is 29.6 Å². The van der Waals surface area contributed by atoms with Crippen LogP contribution >= 0.6 is 0 Å². The normalized spacial score (nSPS) is 15.0. The van der Waals surface area contributed by atoms with E-state index < -0.39 is 5.82 Å². The standard InChI is InChI=1S/C15H19FN2O3/c1-3-14(19)17-6-8-18(9-7-17)15(20)11-4-5-13(21-2)12(16)10-11/h4-5,10H,3,6-9H2,1-2H3. The van der Waals surface area contributed by atoms with Gasteiger partial charge < -0.3 is 14.5 Å². The molecular weight excluding hydrogens is 275 g/mol. The quantitative estimate of drug-likeness (QED) is 0.849. The van der Waals surface area contributed by atoms with Crippen LogP contribution in [0, 0.1) is 5.82 Å². The molecule has 1 fully saturated rings. The van der Waals surface area contributed by atoms with E-state index in [2.05, 4.69) is 0 Å². The van der Waals surface area contributed by atoms with E-state index in [1.807, 2.05) is 6.92 Å². The van der Waals surface area contributed by atoms with Crippen LogP contribution in [0.2, 0.25) is 0 Å². The first-order chi connectivity index (χ1) is 10.1. The summed E-state index contributed by atoms with van der Waals surface area (Å²) in [7, 11) is 1.38. The van der Waals surface area contributed by atoms with E-state index in [0.29, 0.717) is 38.2 Å². The van der Waals surface area contributed by atoms with E-state index in [1.165, 1.54) is 19.2 Å². The van der Waals surface area contributed by atoms with Gasteiger partial charge in [-0.3, -0.25) is 9.59 Å². The molecule has 6 heteroatoms. The van der Waals surface area contributed by atoms with Gasteiger partial charge in [0, 0.05) is 38.2 Å². The number of benzene rings is 1. The maximum Gasteiger partial charge on any atom is 0.254 e. The van der Waals surface area contributed by atoms with Gasteiger partial charge in [-0.15, -0.1) is 0 Å². The molecule has 5 nitrogen and oxygen atoms in total. The molecule has 1 aliphatic heterocycles. The van der Waals surface area contributed by atoms with Crippen molar-refractivity contribution < 1.29 is 18.7 Å². The summed E-state index contributed by atoms with van der Waals surface area (Å²) in [6.45, 7) is 3.81. The maximum absolute atomic E-state index is 13.6. The third-order valence-corrected chi connectivity index (χ3v) is 3.62. The molecule has 2 rings (SSSR count). The Labute approximate surface area is 123 Å². The van der Waals surface area contributed by atoms with Gasteiger partial charge in [0.2, 0.25) is 5.91 Å². The number of hydrogen-bond donors (Lipinski definition) is 0. The number of halogens is 1. The molecule has 1 heterocycles. The van der Waals surface area contributed by atoms with Crippen LogP contribution in [0.25, 0.3) is 0 Å². The van der Waals surface area contributed by atoms with E-state index >= 15 is 0 Å². The molecule has 1 saturated heterocycles. The second-order valence-electron chi connectivity index (χ2n) is 4.88. The molecule has 0 aromatic heterocycles. The number of ether oxygens (including phenoxy) is 1. The molecular formula is C15H19FN2O3. The molecule has 0 spiro atoms. The van der Waals surface area contributed by atoms with Crippen LogP contribution in [0.3, 0.4) is 0 Å². The fourth-order valence-electron chi connectivity index (χ4n) is 2.36. The third-order valence-electron chi connectivity index (χ3n) is 3.62. The van der Waals surface area contributed by atoms with Crippen molar-refractivity contribution in [2.24, 2.45) is 0 Å². The van der Waals surface area contributed by atoms with E-state index in [9.17, 15) is 14.0 Å². The van der Waals surface area contributed by atoms with Gasteiger partial charge in [-0.1, -0.05) is 6.92 Å². The zero-order valence-corrected chi connectivity index (χ0v) is 12.3. The molecule has 0 aliphatic carbocycles. The lowest BCUT2D eigenvalue weighted by molar-refractivity contribution is -0.132. The number of amides is 2. The van der Waals surface area contributed by atoms with E-state index in [0.717, 1.165) is 0 Å². The van der Waals surface area contributed by atoms with Crippen molar-refractivity contribution >= 4 is 11.8 Å². The molecule has 0 N–H and O–H groups in total. The van der Waals surface area contributed by atoms with Gasteiger partial charge >= 0.3 is 0 Å². The van der Waals surface area contributed by atoms with Gasteiger partial charge in [-0.2, -0.15) is 0 Å². The Kier molecular flexibility index (Phi) is 4.77. The SMILES string of the molecule is CCC(=O)N1CCN(C(=O)c2ccc(OC)c(F)c2)CC1. The molecule has 114 valence electrons. The molecule has 21 heavy (non-hydrogen) atoms. The zero-order chi connectivity index (χ0) is 15.4. The summed E-state index contributed by atoms with van der Waals surface area (Å²) in [5, 5.41) is 0. The molecule has 2 amide bonds. The van der Waals surface area contributed by atoms with Crippen LogP contribution in [-0.2, 0) is 4.79 Å². The lowest BCUT2D eigenvalue weighted by Crippen LogP contribution is -2.50.